The summed E-state index contributed by atoms with van der Waals surface area (Å²) in [7, 11) is 0. The van der Waals surface area contributed by atoms with Crippen LogP contribution < -0.4 is 10.6 Å². The predicted molar refractivity (Wildman–Crippen MR) is 114 cm³/mol. The third-order valence-corrected chi connectivity index (χ3v) is 4.18. The molecule has 0 bridgehead atoms. The van der Waals surface area contributed by atoms with E-state index in [0.29, 0.717) is 34.6 Å². The fourth-order valence-electron chi connectivity index (χ4n) is 2.72. The lowest BCUT2D eigenvalue weighted by Crippen LogP contribution is -2.33. The summed E-state index contributed by atoms with van der Waals surface area (Å²) < 4.78 is 0. The van der Waals surface area contributed by atoms with E-state index in [1.165, 1.54) is 0 Å². The number of hydrogen-bond acceptors (Lipinski definition) is 4. The van der Waals surface area contributed by atoms with Gasteiger partial charge in [0, 0.05) is 36.3 Å². The molecule has 2 N–H and O–H groups in total. The van der Waals surface area contributed by atoms with E-state index in [9.17, 15) is 9.59 Å². The molecule has 2 amide bonds. The zero-order valence-electron chi connectivity index (χ0n) is 16.8. The second kappa shape index (κ2) is 8.65. The van der Waals surface area contributed by atoms with Crippen molar-refractivity contribution in [2.24, 2.45) is 5.41 Å². The van der Waals surface area contributed by atoms with Crippen LogP contribution >= 0.6 is 0 Å². The van der Waals surface area contributed by atoms with Crippen LogP contribution in [0.1, 0.15) is 41.5 Å². The zero-order valence-corrected chi connectivity index (χ0v) is 16.8. The Morgan fingerprint density at radius 2 is 1.69 bits per heavy atom. The van der Waals surface area contributed by atoms with Crippen LogP contribution in [-0.2, 0) is 0 Å². The largest absolute Gasteiger partial charge is 0.351 e. The van der Waals surface area contributed by atoms with E-state index in [1.807, 2.05) is 32.9 Å². The van der Waals surface area contributed by atoms with E-state index >= 15 is 0 Å². The number of aromatic nitrogens is 2. The molecule has 148 valence electrons. The van der Waals surface area contributed by atoms with Crippen molar-refractivity contribution in [1.82, 2.24) is 15.3 Å². The van der Waals surface area contributed by atoms with Crippen LogP contribution in [0.25, 0.3) is 11.3 Å². The van der Waals surface area contributed by atoms with Gasteiger partial charge in [-0.15, -0.1) is 0 Å². The maximum Gasteiger partial charge on any atom is 0.255 e. The van der Waals surface area contributed by atoms with E-state index in [-0.39, 0.29) is 17.2 Å². The van der Waals surface area contributed by atoms with Gasteiger partial charge in [0.05, 0.1) is 16.9 Å². The topological polar surface area (TPSA) is 84.0 Å². The van der Waals surface area contributed by atoms with Crippen molar-refractivity contribution >= 4 is 17.5 Å². The van der Waals surface area contributed by atoms with Crippen LogP contribution in [0.4, 0.5) is 5.69 Å². The Hall–Kier alpha value is -3.54. The molecule has 2 aromatic heterocycles. The summed E-state index contributed by atoms with van der Waals surface area (Å²) in [5.74, 6) is -0.579. The summed E-state index contributed by atoms with van der Waals surface area (Å²) in [4.78, 5) is 34.3. The molecule has 0 atom stereocenters. The van der Waals surface area contributed by atoms with E-state index in [2.05, 4.69) is 20.6 Å². The standard InChI is InChI=1S/C23H24N4O2/c1-23(2,3)15-26-22(29)18-11-13-25-19(17-10-7-12-24-14-17)20(18)27-21(28)16-8-5-4-6-9-16/h4-14H,15H2,1-3H3,(H,26,29)(H,27,28). The fourth-order valence-corrected chi connectivity index (χ4v) is 2.72. The summed E-state index contributed by atoms with van der Waals surface area (Å²) in [6, 6.07) is 14.1. The molecule has 3 rings (SSSR count). The molecular formula is C23H24N4O2. The first kappa shape index (κ1) is 20.2. The molecule has 2 heterocycles. The minimum atomic E-state index is -0.311. The maximum absolute atomic E-state index is 12.9. The van der Waals surface area contributed by atoms with Gasteiger partial charge in [-0.1, -0.05) is 39.0 Å². The van der Waals surface area contributed by atoms with Gasteiger partial charge < -0.3 is 10.6 Å². The highest BCUT2D eigenvalue weighted by molar-refractivity contribution is 6.11. The van der Waals surface area contributed by atoms with Crippen molar-refractivity contribution in [2.75, 3.05) is 11.9 Å². The SMILES string of the molecule is CC(C)(C)CNC(=O)c1ccnc(-c2cccnc2)c1NC(=O)c1ccccc1. The molecule has 29 heavy (non-hydrogen) atoms. The lowest BCUT2D eigenvalue weighted by Gasteiger charge is -2.20. The lowest BCUT2D eigenvalue weighted by molar-refractivity contribution is 0.0940. The summed E-state index contributed by atoms with van der Waals surface area (Å²) in [5.41, 5.74) is 2.34. The first-order valence-electron chi connectivity index (χ1n) is 9.39. The Morgan fingerprint density at radius 1 is 0.931 bits per heavy atom. The maximum atomic E-state index is 12.9. The monoisotopic (exact) mass is 388 g/mol. The van der Waals surface area contributed by atoms with Gasteiger partial charge >= 0.3 is 0 Å². The first-order chi connectivity index (χ1) is 13.8. The number of hydrogen-bond donors (Lipinski definition) is 2. The van der Waals surface area contributed by atoms with E-state index in [4.69, 9.17) is 0 Å². The fraction of sp³-hybridized carbons (Fsp3) is 0.217. The zero-order chi connectivity index (χ0) is 20.9. The van der Waals surface area contributed by atoms with Crippen LogP contribution in [0.5, 0.6) is 0 Å². The molecule has 6 nitrogen and oxygen atoms in total. The Kier molecular flexibility index (Phi) is 6.02. The van der Waals surface area contributed by atoms with Gasteiger partial charge in [0.1, 0.15) is 0 Å². The number of carbonyl (C=O) groups excluding carboxylic acids is 2. The first-order valence-corrected chi connectivity index (χ1v) is 9.39. The minimum Gasteiger partial charge on any atom is -0.351 e. The van der Waals surface area contributed by atoms with Crippen LogP contribution in [-0.4, -0.2) is 28.3 Å². The van der Waals surface area contributed by atoms with Crippen molar-refractivity contribution < 1.29 is 9.59 Å². The number of anilines is 1. The molecule has 1 aromatic carbocycles. The smallest absolute Gasteiger partial charge is 0.255 e. The number of benzene rings is 1. The van der Waals surface area contributed by atoms with Gasteiger partial charge in [0.25, 0.3) is 11.8 Å². The van der Waals surface area contributed by atoms with Crippen LogP contribution in [0.2, 0.25) is 0 Å². The van der Waals surface area contributed by atoms with Crippen molar-refractivity contribution in [3.63, 3.8) is 0 Å². The molecule has 0 unspecified atom stereocenters. The van der Waals surface area contributed by atoms with E-state index in [0.717, 1.165) is 0 Å². The number of pyridine rings is 2. The Labute approximate surface area is 170 Å². The van der Waals surface area contributed by atoms with Gasteiger partial charge in [0.2, 0.25) is 0 Å². The molecule has 0 radical (unpaired) electrons. The molecule has 0 aliphatic rings. The number of nitrogens with zero attached hydrogens (tertiary/aromatic N) is 2. The quantitative estimate of drug-likeness (QED) is 0.687. The summed E-state index contributed by atoms with van der Waals surface area (Å²) >= 11 is 0. The summed E-state index contributed by atoms with van der Waals surface area (Å²) in [6.45, 7) is 6.62. The Balaban J connectivity index is 2.02. The summed E-state index contributed by atoms with van der Waals surface area (Å²) in [6.07, 6.45) is 4.87. The van der Waals surface area contributed by atoms with Gasteiger partial charge in [-0.2, -0.15) is 0 Å². The highest BCUT2D eigenvalue weighted by atomic mass is 16.2. The van der Waals surface area contributed by atoms with Crippen molar-refractivity contribution in [3.8, 4) is 11.3 Å². The minimum absolute atomic E-state index is 0.0671. The van der Waals surface area contributed by atoms with Crippen LogP contribution in [0.3, 0.4) is 0 Å². The van der Waals surface area contributed by atoms with Crippen molar-refractivity contribution in [3.05, 3.63) is 78.2 Å². The second-order valence-electron chi connectivity index (χ2n) is 7.89. The average molecular weight is 388 g/mol. The summed E-state index contributed by atoms with van der Waals surface area (Å²) in [5, 5.41) is 5.82. The highest BCUT2D eigenvalue weighted by Crippen LogP contribution is 2.29. The Morgan fingerprint density at radius 3 is 2.34 bits per heavy atom. The molecule has 3 aromatic rings. The molecule has 6 heteroatoms. The van der Waals surface area contributed by atoms with Crippen molar-refractivity contribution in [2.45, 2.75) is 20.8 Å². The Bertz CT molecular complexity index is 996. The van der Waals surface area contributed by atoms with Crippen molar-refractivity contribution in [1.29, 1.82) is 0 Å². The van der Waals surface area contributed by atoms with E-state index < -0.39 is 0 Å². The highest BCUT2D eigenvalue weighted by Gasteiger charge is 2.21. The lowest BCUT2D eigenvalue weighted by atomic mass is 9.96. The van der Waals surface area contributed by atoms with Crippen LogP contribution in [0, 0.1) is 5.41 Å². The predicted octanol–water partition coefficient (Wildman–Crippen LogP) is 4.17. The average Bonchev–Trinajstić information content (AvgIpc) is 2.73. The molecular weight excluding hydrogens is 364 g/mol. The van der Waals surface area contributed by atoms with Gasteiger partial charge in [0.15, 0.2) is 0 Å². The van der Waals surface area contributed by atoms with Gasteiger partial charge in [-0.25, -0.2) is 0 Å². The normalized spacial score (nSPS) is 11.0. The number of amides is 2. The van der Waals surface area contributed by atoms with Gasteiger partial charge in [-0.3, -0.25) is 19.6 Å². The molecule has 0 saturated heterocycles. The molecule has 0 fully saturated rings. The molecule has 0 saturated carbocycles. The molecule has 0 aliphatic carbocycles. The molecule has 0 spiro atoms. The number of carbonyl (C=O) groups is 2. The molecule has 0 aliphatic heterocycles. The second-order valence-corrected chi connectivity index (χ2v) is 7.89. The third kappa shape index (κ3) is 5.25. The van der Waals surface area contributed by atoms with E-state index in [1.54, 1.807) is 55.0 Å². The van der Waals surface area contributed by atoms with Gasteiger partial charge in [-0.05, 0) is 35.7 Å². The third-order valence-electron chi connectivity index (χ3n) is 4.18. The van der Waals surface area contributed by atoms with Crippen LogP contribution in [0.15, 0.2) is 67.1 Å². The number of nitrogens with one attached hydrogen (secondary N) is 2. The number of rotatable bonds is 5.